The van der Waals surface area contributed by atoms with Gasteiger partial charge in [0, 0.05) is 6.07 Å². The van der Waals surface area contributed by atoms with E-state index in [0.29, 0.717) is 5.56 Å². The van der Waals surface area contributed by atoms with Gasteiger partial charge in [-0.3, -0.25) is 0 Å². The second-order valence-corrected chi connectivity index (χ2v) is 4.49. The molecule has 4 heteroatoms. The molecule has 2 aromatic carbocycles. The van der Waals surface area contributed by atoms with Crippen LogP contribution >= 0.6 is 11.6 Å². The molecule has 0 saturated carbocycles. The van der Waals surface area contributed by atoms with Crippen LogP contribution in [0.15, 0.2) is 48.5 Å². The minimum absolute atomic E-state index is 0.0134. The van der Waals surface area contributed by atoms with Gasteiger partial charge in [-0.15, -0.1) is 0 Å². The number of rotatable bonds is 3. The third-order valence-corrected chi connectivity index (χ3v) is 2.91. The first-order chi connectivity index (χ1) is 9.60. The van der Waals surface area contributed by atoms with E-state index in [4.69, 9.17) is 16.3 Å². The average Bonchev–Trinajstić information content (AvgIpc) is 2.44. The maximum absolute atomic E-state index is 13.2. The lowest BCUT2D eigenvalue weighted by Crippen LogP contribution is -2.08. The quantitative estimate of drug-likeness (QED) is 0.603. The Hall–Kier alpha value is -2.13. The number of esters is 1. The summed E-state index contributed by atoms with van der Waals surface area (Å²) in [5, 5.41) is -0.0134. The largest absolute Gasteiger partial charge is 0.423 e. The van der Waals surface area contributed by atoms with Gasteiger partial charge < -0.3 is 4.74 Å². The highest BCUT2D eigenvalue weighted by Crippen LogP contribution is 2.21. The first-order valence-corrected chi connectivity index (χ1v) is 6.38. The highest BCUT2D eigenvalue weighted by molar-refractivity contribution is 6.30. The van der Waals surface area contributed by atoms with Gasteiger partial charge in [-0.05, 0) is 36.8 Å². The Morgan fingerprint density at radius 2 is 1.90 bits per heavy atom. The van der Waals surface area contributed by atoms with Crippen molar-refractivity contribution in [3.63, 3.8) is 0 Å². The maximum atomic E-state index is 13.2. The molecule has 0 aliphatic carbocycles. The summed E-state index contributed by atoms with van der Waals surface area (Å²) in [6, 6.07) is 10.8. The molecule has 0 unspecified atom stereocenters. The molecule has 0 saturated heterocycles. The van der Waals surface area contributed by atoms with Crippen LogP contribution in [0.2, 0.25) is 5.02 Å². The van der Waals surface area contributed by atoms with Crippen LogP contribution in [-0.4, -0.2) is 5.97 Å². The molecule has 0 N–H and O–H groups in total. The first kappa shape index (κ1) is 14.3. The fourth-order valence-corrected chi connectivity index (χ4v) is 1.75. The lowest BCUT2D eigenvalue weighted by Gasteiger charge is -2.05. The molecule has 0 radical (unpaired) electrons. The van der Waals surface area contributed by atoms with Crippen molar-refractivity contribution in [1.29, 1.82) is 0 Å². The molecule has 0 amide bonds. The van der Waals surface area contributed by atoms with Crippen LogP contribution in [-0.2, 0) is 0 Å². The number of allylic oxidation sites excluding steroid dienone is 1. The molecule has 0 aliphatic heterocycles. The molecule has 2 rings (SSSR count). The number of hydrogen-bond acceptors (Lipinski definition) is 2. The summed E-state index contributed by atoms with van der Waals surface area (Å²) in [7, 11) is 0. The van der Waals surface area contributed by atoms with Gasteiger partial charge in [0.15, 0.2) is 0 Å². The molecule has 0 bridgehead atoms. The number of benzene rings is 2. The number of ether oxygens (including phenoxy) is 1. The second kappa shape index (κ2) is 6.35. The summed E-state index contributed by atoms with van der Waals surface area (Å²) in [6.07, 6.45) is 3.83. The minimum atomic E-state index is -0.625. The van der Waals surface area contributed by atoms with E-state index < -0.39 is 11.8 Å². The first-order valence-electron chi connectivity index (χ1n) is 6.00. The van der Waals surface area contributed by atoms with Gasteiger partial charge in [0.05, 0.1) is 10.6 Å². The van der Waals surface area contributed by atoms with Crippen molar-refractivity contribution in [2.24, 2.45) is 0 Å². The Kier molecular flexibility index (Phi) is 4.53. The number of hydrogen-bond donors (Lipinski definition) is 0. The molecule has 2 aromatic rings. The van der Waals surface area contributed by atoms with Crippen molar-refractivity contribution in [2.45, 2.75) is 6.92 Å². The SMILES string of the molecule is CC=Cc1ccc(C(=O)Oc2ccc(Cl)c(F)c2)cc1. The van der Waals surface area contributed by atoms with Gasteiger partial charge in [0.25, 0.3) is 0 Å². The van der Waals surface area contributed by atoms with E-state index in [2.05, 4.69) is 0 Å². The molecule has 0 spiro atoms. The molecule has 0 heterocycles. The lowest BCUT2D eigenvalue weighted by molar-refractivity contribution is 0.0734. The molecular formula is C16H12ClFO2. The van der Waals surface area contributed by atoms with Crippen LogP contribution in [0.4, 0.5) is 4.39 Å². The zero-order valence-corrected chi connectivity index (χ0v) is 11.5. The van der Waals surface area contributed by atoms with Crippen molar-refractivity contribution in [3.05, 3.63) is 70.5 Å². The van der Waals surface area contributed by atoms with Crippen LogP contribution in [0.25, 0.3) is 6.08 Å². The standard InChI is InChI=1S/C16H12ClFO2/c1-2-3-11-4-6-12(7-5-11)16(19)20-13-8-9-14(17)15(18)10-13/h2-10H,1H3. The second-order valence-electron chi connectivity index (χ2n) is 4.09. The number of halogens is 2. The molecule has 0 aromatic heterocycles. The molecule has 0 aliphatic rings. The lowest BCUT2D eigenvalue weighted by atomic mass is 10.1. The van der Waals surface area contributed by atoms with Crippen LogP contribution in [0.3, 0.4) is 0 Å². The molecule has 0 atom stereocenters. The summed E-state index contributed by atoms with van der Waals surface area (Å²) in [4.78, 5) is 11.9. The van der Waals surface area contributed by atoms with E-state index in [1.807, 2.05) is 19.1 Å². The van der Waals surface area contributed by atoms with Gasteiger partial charge in [-0.1, -0.05) is 35.9 Å². The smallest absolute Gasteiger partial charge is 0.343 e. The summed E-state index contributed by atoms with van der Waals surface area (Å²) in [5.74, 6) is -1.05. The van der Waals surface area contributed by atoms with Crippen LogP contribution in [0, 0.1) is 5.82 Å². The topological polar surface area (TPSA) is 26.3 Å². The molecular weight excluding hydrogens is 279 g/mol. The summed E-state index contributed by atoms with van der Waals surface area (Å²) < 4.78 is 18.3. The highest BCUT2D eigenvalue weighted by Gasteiger charge is 2.10. The van der Waals surface area contributed by atoms with Crippen molar-refractivity contribution >= 4 is 23.6 Å². The van der Waals surface area contributed by atoms with Crippen LogP contribution < -0.4 is 4.74 Å². The zero-order chi connectivity index (χ0) is 14.5. The Morgan fingerprint density at radius 1 is 1.20 bits per heavy atom. The third-order valence-electron chi connectivity index (χ3n) is 2.61. The molecule has 20 heavy (non-hydrogen) atoms. The Bertz CT molecular complexity index is 648. The molecule has 2 nitrogen and oxygen atoms in total. The number of carbonyl (C=O) groups excluding carboxylic acids is 1. The van der Waals surface area contributed by atoms with Crippen LogP contribution in [0.1, 0.15) is 22.8 Å². The predicted octanol–water partition coefficient (Wildman–Crippen LogP) is 4.73. The van der Waals surface area contributed by atoms with E-state index in [1.54, 1.807) is 24.3 Å². The number of carbonyl (C=O) groups is 1. The van der Waals surface area contributed by atoms with Gasteiger partial charge in [0.1, 0.15) is 11.6 Å². The van der Waals surface area contributed by atoms with Crippen molar-refractivity contribution in [1.82, 2.24) is 0 Å². The maximum Gasteiger partial charge on any atom is 0.343 e. The fraction of sp³-hybridized carbons (Fsp3) is 0.0625. The van der Waals surface area contributed by atoms with Crippen molar-refractivity contribution in [2.75, 3.05) is 0 Å². The monoisotopic (exact) mass is 290 g/mol. The predicted molar refractivity (Wildman–Crippen MR) is 77.5 cm³/mol. The van der Waals surface area contributed by atoms with E-state index in [-0.39, 0.29) is 10.8 Å². The zero-order valence-electron chi connectivity index (χ0n) is 10.8. The summed E-state index contributed by atoms with van der Waals surface area (Å²) >= 11 is 5.56. The van der Waals surface area contributed by atoms with E-state index >= 15 is 0 Å². The van der Waals surface area contributed by atoms with Crippen LogP contribution in [0.5, 0.6) is 5.75 Å². The van der Waals surface area contributed by atoms with Crippen molar-refractivity contribution in [3.8, 4) is 5.75 Å². The van der Waals surface area contributed by atoms with Gasteiger partial charge in [-0.2, -0.15) is 0 Å². The Balaban J connectivity index is 2.13. The summed E-state index contributed by atoms with van der Waals surface area (Å²) in [6.45, 7) is 1.91. The van der Waals surface area contributed by atoms with Gasteiger partial charge in [0.2, 0.25) is 0 Å². The minimum Gasteiger partial charge on any atom is -0.423 e. The Morgan fingerprint density at radius 3 is 2.50 bits per heavy atom. The molecule has 102 valence electrons. The van der Waals surface area contributed by atoms with E-state index in [1.165, 1.54) is 12.1 Å². The third kappa shape index (κ3) is 3.45. The van der Waals surface area contributed by atoms with E-state index in [9.17, 15) is 9.18 Å². The van der Waals surface area contributed by atoms with Crippen molar-refractivity contribution < 1.29 is 13.9 Å². The highest BCUT2D eigenvalue weighted by atomic mass is 35.5. The molecule has 0 fully saturated rings. The average molecular weight is 291 g/mol. The fourth-order valence-electron chi connectivity index (χ4n) is 1.63. The van der Waals surface area contributed by atoms with Gasteiger partial charge in [-0.25, -0.2) is 9.18 Å². The normalized spacial score (nSPS) is 10.8. The Labute approximate surface area is 121 Å². The van der Waals surface area contributed by atoms with Gasteiger partial charge >= 0.3 is 5.97 Å². The van der Waals surface area contributed by atoms with E-state index in [0.717, 1.165) is 11.6 Å². The summed E-state index contributed by atoms with van der Waals surface area (Å²) in [5.41, 5.74) is 1.38.